The summed E-state index contributed by atoms with van der Waals surface area (Å²) in [5.74, 6) is 0.846. The summed E-state index contributed by atoms with van der Waals surface area (Å²) in [5.41, 5.74) is -0.548. The highest BCUT2D eigenvalue weighted by Gasteiger charge is 2.70. The highest BCUT2D eigenvalue weighted by molar-refractivity contribution is 5.23. The molecule has 3 aliphatic rings. The average Bonchev–Trinajstić information content (AvgIpc) is 3.01. The van der Waals surface area contributed by atoms with E-state index in [4.69, 9.17) is 4.74 Å². The number of aliphatic hydroxyl groups excluding tert-OH is 2. The van der Waals surface area contributed by atoms with Crippen LogP contribution in [0, 0.1) is 29.6 Å². The van der Waals surface area contributed by atoms with E-state index < -0.39 is 23.4 Å². The first kappa shape index (κ1) is 19.3. The molecule has 0 bridgehead atoms. The second kappa shape index (κ2) is 6.63. The minimum atomic E-state index is -1.05. The molecule has 144 valence electrons. The van der Waals surface area contributed by atoms with Crippen molar-refractivity contribution in [2.75, 3.05) is 6.61 Å². The fraction of sp³-hybridized carbons (Fsp3) is 0.905. The maximum Gasteiger partial charge on any atom is 0.106 e. The summed E-state index contributed by atoms with van der Waals surface area (Å²) < 4.78 is 6.46. The summed E-state index contributed by atoms with van der Waals surface area (Å²) in [5, 5.41) is 32.6. The minimum absolute atomic E-state index is 0.0902. The fourth-order valence-electron chi connectivity index (χ4n) is 6.42. The van der Waals surface area contributed by atoms with Crippen molar-refractivity contribution >= 4 is 0 Å². The van der Waals surface area contributed by atoms with Crippen LogP contribution in [-0.2, 0) is 4.74 Å². The molecule has 0 amide bonds. The topological polar surface area (TPSA) is 69.9 Å². The number of ether oxygens (including phenoxy) is 1. The summed E-state index contributed by atoms with van der Waals surface area (Å²) >= 11 is 0. The van der Waals surface area contributed by atoms with Crippen LogP contribution in [-0.4, -0.2) is 45.3 Å². The van der Waals surface area contributed by atoms with E-state index in [0.29, 0.717) is 24.7 Å². The van der Waals surface area contributed by atoms with Gasteiger partial charge in [0.2, 0.25) is 0 Å². The van der Waals surface area contributed by atoms with Gasteiger partial charge in [0.1, 0.15) is 11.7 Å². The van der Waals surface area contributed by atoms with Crippen LogP contribution >= 0.6 is 0 Å². The van der Waals surface area contributed by atoms with Crippen LogP contribution in [0.3, 0.4) is 0 Å². The smallest absolute Gasteiger partial charge is 0.106 e. The lowest BCUT2D eigenvalue weighted by Crippen LogP contribution is -2.64. The van der Waals surface area contributed by atoms with Crippen molar-refractivity contribution in [2.24, 2.45) is 29.6 Å². The summed E-state index contributed by atoms with van der Waals surface area (Å²) in [4.78, 5) is 0. The molecule has 4 heteroatoms. The average molecular weight is 353 g/mol. The van der Waals surface area contributed by atoms with Gasteiger partial charge in [-0.15, -0.1) is 0 Å². The molecule has 0 radical (unpaired) electrons. The van der Waals surface area contributed by atoms with E-state index in [1.165, 1.54) is 0 Å². The van der Waals surface area contributed by atoms with E-state index in [0.717, 1.165) is 18.4 Å². The van der Waals surface area contributed by atoms with Gasteiger partial charge >= 0.3 is 0 Å². The van der Waals surface area contributed by atoms with Gasteiger partial charge in [-0.2, -0.15) is 0 Å². The first-order chi connectivity index (χ1) is 11.7. The molecule has 0 aromatic heterocycles. The first-order valence-corrected chi connectivity index (χ1v) is 10.0. The van der Waals surface area contributed by atoms with Crippen molar-refractivity contribution in [1.82, 2.24) is 0 Å². The van der Waals surface area contributed by atoms with Crippen LogP contribution in [0.2, 0.25) is 0 Å². The molecule has 2 aliphatic carbocycles. The van der Waals surface area contributed by atoms with Gasteiger partial charge in [0.25, 0.3) is 0 Å². The Morgan fingerprint density at radius 3 is 2.52 bits per heavy atom. The second-order valence-corrected chi connectivity index (χ2v) is 9.36. The molecule has 0 unspecified atom stereocenters. The van der Waals surface area contributed by atoms with E-state index in [-0.39, 0.29) is 24.4 Å². The zero-order chi connectivity index (χ0) is 18.6. The molecule has 1 aliphatic heterocycles. The Balaban J connectivity index is 2.06. The molecule has 3 rings (SSSR count). The number of hydrogen-bond donors (Lipinski definition) is 3. The molecule has 3 fully saturated rings. The van der Waals surface area contributed by atoms with Crippen molar-refractivity contribution in [3.63, 3.8) is 0 Å². The van der Waals surface area contributed by atoms with Gasteiger partial charge in [0.15, 0.2) is 0 Å². The van der Waals surface area contributed by atoms with Crippen molar-refractivity contribution in [3.8, 4) is 0 Å². The zero-order valence-electron chi connectivity index (χ0n) is 16.4. The van der Waals surface area contributed by atoms with E-state index in [1.54, 1.807) is 0 Å². The molecule has 3 N–H and O–H groups in total. The SMILES string of the molecule is CC(C)=C[C@H]1O[C@@](C)(CCCO)[C@@H]2[C@@H](O)[C@@H]3[C@@H](CC[C@@H]3C)[C@H](C)[C@@]21O. The van der Waals surface area contributed by atoms with Crippen LogP contribution in [0.5, 0.6) is 0 Å². The normalized spacial score (nSPS) is 51.9. The monoisotopic (exact) mass is 352 g/mol. The van der Waals surface area contributed by atoms with Crippen molar-refractivity contribution in [1.29, 1.82) is 0 Å². The Kier molecular flexibility index (Phi) is 5.13. The predicted octanol–water partition coefficient (Wildman–Crippen LogP) is 2.90. The summed E-state index contributed by atoms with van der Waals surface area (Å²) in [6, 6.07) is 0. The Bertz CT molecular complexity index is 528. The van der Waals surface area contributed by atoms with E-state index in [1.807, 2.05) is 26.8 Å². The molecule has 2 saturated carbocycles. The molecular weight excluding hydrogens is 316 g/mol. The molecule has 0 aromatic rings. The number of allylic oxidation sites excluding steroid dienone is 1. The Morgan fingerprint density at radius 1 is 1.24 bits per heavy atom. The Labute approximate surface area is 152 Å². The third-order valence-corrected chi connectivity index (χ3v) is 7.54. The lowest BCUT2D eigenvalue weighted by Gasteiger charge is -2.53. The van der Waals surface area contributed by atoms with Crippen molar-refractivity contribution < 1.29 is 20.1 Å². The quantitative estimate of drug-likeness (QED) is 0.681. The molecule has 0 spiro atoms. The highest BCUT2D eigenvalue weighted by atomic mass is 16.5. The molecule has 9 atom stereocenters. The van der Waals surface area contributed by atoms with Crippen molar-refractivity contribution in [3.05, 3.63) is 11.6 Å². The van der Waals surface area contributed by atoms with Gasteiger partial charge in [0, 0.05) is 12.5 Å². The van der Waals surface area contributed by atoms with E-state index >= 15 is 0 Å². The zero-order valence-corrected chi connectivity index (χ0v) is 16.4. The van der Waals surface area contributed by atoms with Gasteiger partial charge in [-0.1, -0.05) is 31.9 Å². The molecule has 1 saturated heterocycles. The summed E-state index contributed by atoms with van der Waals surface area (Å²) in [6.45, 7) is 10.6. The van der Waals surface area contributed by atoms with Gasteiger partial charge in [-0.3, -0.25) is 0 Å². The number of fused-ring (bicyclic) bond motifs is 2. The maximum atomic E-state index is 11.9. The lowest BCUT2D eigenvalue weighted by molar-refractivity contribution is -0.179. The third-order valence-electron chi connectivity index (χ3n) is 7.54. The van der Waals surface area contributed by atoms with Crippen LogP contribution in [0.1, 0.15) is 60.3 Å². The molecule has 0 aromatic carbocycles. The largest absolute Gasteiger partial charge is 0.396 e. The standard InChI is InChI=1S/C21H36O4/c1-12(2)11-16-21(24)14(4)15-8-7-13(3)17(15)18(23)19(21)20(5,25-16)9-6-10-22/h11,13-19,22-24H,6-10H2,1-5H3/t13-,14-,15-,16+,17-,18-,19-,20-,21-/m0/s1. The van der Waals surface area contributed by atoms with Gasteiger partial charge < -0.3 is 20.1 Å². The maximum absolute atomic E-state index is 11.9. The number of aliphatic hydroxyl groups is 3. The fourth-order valence-corrected chi connectivity index (χ4v) is 6.42. The first-order valence-electron chi connectivity index (χ1n) is 10.0. The lowest BCUT2D eigenvalue weighted by atomic mass is 9.54. The third kappa shape index (κ3) is 2.80. The molecular formula is C21H36O4. The number of hydrogen-bond acceptors (Lipinski definition) is 4. The van der Waals surface area contributed by atoms with Crippen LogP contribution in [0.15, 0.2) is 11.6 Å². The van der Waals surface area contributed by atoms with E-state index in [2.05, 4.69) is 13.8 Å². The van der Waals surface area contributed by atoms with Crippen LogP contribution in [0.4, 0.5) is 0 Å². The van der Waals surface area contributed by atoms with Gasteiger partial charge in [0.05, 0.1) is 11.7 Å². The summed E-state index contributed by atoms with van der Waals surface area (Å²) in [6.07, 6.45) is 4.55. The molecule has 4 nitrogen and oxygen atoms in total. The van der Waals surface area contributed by atoms with Crippen LogP contribution < -0.4 is 0 Å². The second-order valence-electron chi connectivity index (χ2n) is 9.36. The van der Waals surface area contributed by atoms with Gasteiger partial charge in [-0.05, 0) is 63.7 Å². The molecule has 25 heavy (non-hydrogen) atoms. The van der Waals surface area contributed by atoms with Crippen LogP contribution in [0.25, 0.3) is 0 Å². The summed E-state index contributed by atoms with van der Waals surface area (Å²) in [7, 11) is 0. The Morgan fingerprint density at radius 2 is 1.92 bits per heavy atom. The number of rotatable bonds is 4. The highest BCUT2D eigenvalue weighted by Crippen LogP contribution is 2.62. The van der Waals surface area contributed by atoms with Crippen molar-refractivity contribution in [2.45, 2.75) is 83.7 Å². The predicted molar refractivity (Wildman–Crippen MR) is 98.0 cm³/mol. The Hall–Kier alpha value is -0.420. The van der Waals surface area contributed by atoms with Gasteiger partial charge in [-0.25, -0.2) is 0 Å². The minimum Gasteiger partial charge on any atom is -0.396 e. The van der Waals surface area contributed by atoms with E-state index in [9.17, 15) is 15.3 Å². The molecule has 1 heterocycles.